The molecule has 0 aliphatic rings. The van der Waals surface area contributed by atoms with E-state index in [9.17, 15) is 4.79 Å². The van der Waals surface area contributed by atoms with Gasteiger partial charge in [-0.05, 0) is 68.8 Å². The van der Waals surface area contributed by atoms with Crippen molar-refractivity contribution < 1.29 is 14.3 Å². The lowest BCUT2D eigenvalue weighted by Gasteiger charge is -2.19. The number of rotatable bonds is 6. The fraction of sp³-hybridized carbons (Fsp3) is 0.280. The summed E-state index contributed by atoms with van der Waals surface area (Å²) in [6.07, 6.45) is 1.88. The number of aryl methyl sites for hydroxylation is 1. The fourth-order valence-corrected chi connectivity index (χ4v) is 3.69. The van der Waals surface area contributed by atoms with E-state index in [1.165, 1.54) is 0 Å². The predicted octanol–water partition coefficient (Wildman–Crippen LogP) is 5.62. The first-order chi connectivity index (χ1) is 15.2. The van der Waals surface area contributed by atoms with Gasteiger partial charge in [0.05, 0.1) is 5.69 Å². The van der Waals surface area contributed by atoms with E-state index in [-0.39, 0.29) is 12.5 Å². The molecule has 2 aromatic carbocycles. The predicted molar refractivity (Wildman–Crippen MR) is 126 cm³/mol. The number of benzene rings is 2. The van der Waals surface area contributed by atoms with E-state index in [0.717, 1.165) is 33.6 Å². The van der Waals surface area contributed by atoms with E-state index in [2.05, 4.69) is 5.10 Å². The number of ether oxygens (including phenoxy) is 2. The van der Waals surface area contributed by atoms with Crippen LogP contribution in [-0.4, -0.2) is 25.9 Å². The van der Waals surface area contributed by atoms with Crippen molar-refractivity contribution in [1.82, 2.24) is 14.3 Å². The van der Waals surface area contributed by atoms with E-state index in [1.807, 2.05) is 97.9 Å². The highest BCUT2D eigenvalue weighted by Crippen LogP contribution is 2.25. The average molecular weight is 452 g/mol. The summed E-state index contributed by atoms with van der Waals surface area (Å²) in [6, 6.07) is 17.5. The number of carbonyl (C=O) groups is 1. The minimum atomic E-state index is -0.500. The molecule has 0 saturated carbocycles. The molecule has 0 N–H and O–H groups in total. The van der Waals surface area contributed by atoms with Crippen molar-refractivity contribution in [3.8, 4) is 17.0 Å². The van der Waals surface area contributed by atoms with Crippen LogP contribution in [0.2, 0.25) is 5.02 Å². The third-order valence-corrected chi connectivity index (χ3v) is 5.17. The first-order valence-corrected chi connectivity index (χ1v) is 10.8. The van der Waals surface area contributed by atoms with Crippen LogP contribution in [0.15, 0.2) is 60.8 Å². The second-order valence-corrected chi connectivity index (χ2v) is 9.13. The Labute approximate surface area is 192 Å². The molecule has 166 valence electrons. The van der Waals surface area contributed by atoms with Gasteiger partial charge in [0.15, 0.2) is 0 Å². The number of halogens is 1. The molecule has 2 aromatic heterocycles. The summed E-state index contributed by atoms with van der Waals surface area (Å²) < 4.78 is 15.1. The first kappa shape index (κ1) is 22.0. The van der Waals surface area contributed by atoms with Crippen LogP contribution in [0.1, 0.15) is 26.5 Å². The molecule has 0 bridgehead atoms. The zero-order valence-corrected chi connectivity index (χ0v) is 19.4. The van der Waals surface area contributed by atoms with Crippen LogP contribution in [-0.2, 0) is 29.7 Å². The third-order valence-electron chi connectivity index (χ3n) is 4.92. The molecule has 0 aliphatic heterocycles. The van der Waals surface area contributed by atoms with Gasteiger partial charge in [-0.15, -0.1) is 0 Å². The highest BCUT2D eigenvalue weighted by atomic mass is 35.5. The summed E-state index contributed by atoms with van der Waals surface area (Å²) in [5.74, 6) is 0.480. The van der Waals surface area contributed by atoms with Gasteiger partial charge in [0.2, 0.25) is 0 Å². The number of esters is 1. The zero-order valence-electron chi connectivity index (χ0n) is 18.6. The van der Waals surface area contributed by atoms with Crippen LogP contribution in [0.4, 0.5) is 0 Å². The molecule has 0 unspecified atom stereocenters. The topological polar surface area (TPSA) is 58.3 Å². The minimum Gasteiger partial charge on any atom is -0.487 e. The fourth-order valence-electron chi connectivity index (χ4n) is 3.56. The summed E-state index contributed by atoms with van der Waals surface area (Å²) in [5.41, 5.74) is 3.32. The molecule has 32 heavy (non-hydrogen) atoms. The molecule has 0 aliphatic carbocycles. The van der Waals surface area contributed by atoms with Gasteiger partial charge in [0.25, 0.3) is 0 Å². The maximum absolute atomic E-state index is 12.2. The third kappa shape index (κ3) is 5.14. The van der Waals surface area contributed by atoms with E-state index in [4.69, 9.17) is 21.1 Å². The molecular formula is C25H26ClN3O3. The Bertz CT molecular complexity index is 1250. The second-order valence-electron chi connectivity index (χ2n) is 8.69. The van der Waals surface area contributed by atoms with Gasteiger partial charge in [0, 0.05) is 29.2 Å². The minimum absolute atomic E-state index is 0.169. The molecule has 0 atom stereocenters. The van der Waals surface area contributed by atoms with Crippen molar-refractivity contribution in [2.24, 2.45) is 7.05 Å². The van der Waals surface area contributed by atoms with Crippen molar-refractivity contribution in [3.63, 3.8) is 0 Å². The molecule has 6 nitrogen and oxygen atoms in total. The molecule has 0 fully saturated rings. The number of hydrogen-bond donors (Lipinski definition) is 0. The normalized spacial score (nSPS) is 11.7. The van der Waals surface area contributed by atoms with Crippen LogP contribution < -0.4 is 4.74 Å². The maximum Gasteiger partial charge on any atom is 0.326 e. The van der Waals surface area contributed by atoms with Crippen LogP contribution >= 0.6 is 11.6 Å². The van der Waals surface area contributed by atoms with Crippen LogP contribution in [0.25, 0.3) is 22.2 Å². The van der Waals surface area contributed by atoms with E-state index in [0.29, 0.717) is 11.6 Å². The molecule has 2 heterocycles. The Hall–Kier alpha value is -3.25. The Morgan fingerprint density at radius 1 is 1.06 bits per heavy atom. The number of aromatic nitrogens is 3. The summed E-state index contributed by atoms with van der Waals surface area (Å²) in [6.45, 7) is 6.11. The molecule has 0 amide bonds. The SMILES string of the molecule is Cn1nc(COc2ccc3c(ccn3CC(=O)OC(C)(C)C)c2)cc1-c1ccc(Cl)cc1. The summed E-state index contributed by atoms with van der Waals surface area (Å²) in [4.78, 5) is 12.2. The lowest BCUT2D eigenvalue weighted by atomic mass is 10.1. The molecule has 0 spiro atoms. The quantitative estimate of drug-likeness (QED) is 0.357. The lowest BCUT2D eigenvalue weighted by Crippen LogP contribution is -2.26. The maximum atomic E-state index is 12.2. The van der Waals surface area contributed by atoms with Crippen LogP contribution in [0.3, 0.4) is 0 Å². The molecule has 4 rings (SSSR count). The van der Waals surface area contributed by atoms with Crippen LogP contribution in [0, 0.1) is 0 Å². The summed E-state index contributed by atoms with van der Waals surface area (Å²) >= 11 is 5.99. The highest BCUT2D eigenvalue weighted by molar-refractivity contribution is 6.30. The average Bonchev–Trinajstić information content (AvgIpc) is 3.28. The standard InChI is InChI=1S/C25H26ClN3O3/c1-25(2,3)32-24(30)15-29-12-11-18-13-21(9-10-22(18)29)31-16-20-14-23(28(4)27-20)17-5-7-19(26)8-6-17/h5-14H,15-16H2,1-4H3. The van der Waals surface area contributed by atoms with Gasteiger partial charge in [-0.2, -0.15) is 5.10 Å². The molecular weight excluding hydrogens is 426 g/mol. The summed E-state index contributed by atoms with van der Waals surface area (Å²) in [7, 11) is 1.91. The van der Waals surface area contributed by atoms with Gasteiger partial charge in [-0.3, -0.25) is 9.48 Å². The Balaban J connectivity index is 1.44. The van der Waals surface area contributed by atoms with Crippen molar-refractivity contribution in [3.05, 3.63) is 71.5 Å². The van der Waals surface area contributed by atoms with Gasteiger partial charge < -0.3 is 14.0 Å². The number of carbonyl (C=O) groups excluding carboxylic acids is 1. The van der Waals surface area contributed by atoms with E-state index < -0.39 is 5.60 Å². The molecule has 4 aromatic rings. The van der Waals surface area contributed by atoms with E-state index in [1.54, 1.807) is 0 Å². The van der Waals surface area contributed by atoms with Crippen molar-refractivity contribution in [2.45, 2.75) is 39.5 Å². The van der Waals surface area contributed by atoms with Gasteiger partial charge >= 0.3 is 5.97 Å². The van der Waals surface area contributed by atoms with Gasteiger partial charge in [-0.25, -0.2) is 0 Å². The largest absolute Gasteiger partial charge is 0.487 e. The Morgan fingerprint density at radius 2 is 1.81 bits per heavy atom. The van der Waals surface area contributed by atoms with E-state index >= 15 is 0 Å². The zero-order chi connectivity index (χ0) is 22.9. The van der Waals surface area contributed by atoms with Gasteiger partial charge in [0.1, 0.15) is 30.2 Å². The second kappa shape index (κ2) is 8.71. The molecule has 0 saturated heterocycles. The first-order valence-electron chi connectivity index (χ1n) is 10.4. The molecule has 7 heteroatoms. The Morgan fingerprint density at radius 3 is 2.53 bits per heavy atom. The van der Waals surface area contributed by atoms with Crippen molar-refractivity contribution in [2.75, 3.05) is 0 Å². The lowest BCUT2D eigenvalue weighted by molar-refractivity contribution is -0.155. The van der Waals surface area contributed by atoms with Crippen LogP contribution in [0.5, 0.6) is 5.75 Å². The number of nitrogens with zero attached hydrogens (tertiary/aromatic N) is 3. The van der Waals surface area contributed by atoms with Gasteiger partial charge in [-0.1, -0.05) is 23.7 Å². The summed E-state index contributed by atoms with van der Waals surface area (Å²) in [5, 5.41) is 6.25. The monoisotopic (exact) mass is 451 g/mol. The Kier molecular flexibility index (Phi) is 5.98. The number of hydrogen-bond acceptors (Lipinski definition) is 4. The smallest absolute Gasteiger partial charge is 0.326 e. The number of fused-ring (bicyclic) bond motifs is 1. The molecule has 0 radical (unpaired) electrons. The van der Waals surface area contributed by atoms with Crippen molar-refractivity contribution in [1.29, 1.82) is 0 Å². The van der Waals surface area contributed by atoms with Crippen molar-refractivity contribution >= 4 is 28.5 Å². The highest BCUT2D eigenvalue weighted by Gasteiger charge is 2.17.